The van der Waals surface area contributed by atoms with E-state index in [1.807, 2.05) is 20.1 Å². The first-order valence-electron chi connectivity index (χ1n) is 8.44. The maximum atomic E-state index is 12.5. The summed E-state index contributed by atoms with van der Waals surface area (Å²) in [6.45, 7) is 3.75. The quantitative estimate of drug-likeness (QED) is 0.281. The van der Waals surface area contributed by atoms with Gasteiger partial charge in [-0.15, -0.1) is 0 Å². The van der Waals surface area contributed by atoms with E-state index in [-0.39, 0.29) is 25.2 Å². The molecule has 7 N–H and O–H groups in total. The van der Waals surface area contributed by atoms with Crippen LogP contribution < -0.4 is 22.1 Å². The molecule has 0 fully saturated rings. The van der Waals surface area contributed by atoms with Crippen LogP contribution in [0.15, 0.2) is 0 Å². The Morgan fingerprint density at radius 2 is 1.62 bits per heavy atom. The minimum Gasteiger partial charge on any atom is -0.480 e. The Morgan fingerprint density at radius 1 is 1.04 bits per heavy atom. The lowest BCUT2D eigenvalue weighted by Gasteiger charge is -2.24. The number of amides is 3. The monoisotopic (exact) mass is 390 g/mol. The zero-order valence-electron chi connectivity index (χ0n) is 15.5. The topological polar surface area (TPSA) is 165 Å². The highest BCUT2D eigenvalue weighted by molar-refractivity contribution is 7.98. The van der Waals surface area contributed by atoms with Crippen LogP contribution in [0.25, 0.3) is 0 Å². The number of primary amides is 1. The van der Waals surface area contributed by atoms with Gasteiger partial charge in [0, 0.05) is 6.42 Å². The Labute approximate surface area is 158 Å². The molecule has 0 rings (SSSR count). The predicted molar refractivity (Wildman–Crippen MR) is 100 cm³/mol. The fourth-order valence-corrected chi connectivity index (χ4v) is 2.65. The first kappa shape index (κ1) is 24.2. The molecule has 0 aromatic heterocycles. The number of nitrogens with one attached hydrogen (secondary N) is 2. The maximum absolute atomic E-state index is 12.5. The van der Waals surface area contributed by atoms with Crippen LogP contribution in [0.4, 0.5) is 0 Å². The molecular weight excluding hydrogens is 360 g/mol. The SMILES string of the molecule is CSCC[C@H](NC(=O)[C@H](CC(C)C)NC(=O)[C@@H](N)CCC(N)=O)C(=O)O. The van der Waals surface area contributed by atoms with E-state index in [0.717, 1.165) is 0 Å². The van der Waals surface area contributed by atoms with Gasteiger partial charge in [-0.1, -0.05) is 13.8 Å². The van der Waals surface area contributed by atoms with E-state index >= 15 is 0 Å². The number of nitrogens with two attached hydrogens (primary N) is 2. The maximum Gasteiger partial charge on any atom is 0.326 e. The molecule has 0 aromatic rings. The lowest BCUT2D eigenvalue weighted by Crippen LogP contribution is -2.55. The van der Waals surface area contributed by atoms with Crippen molar-refractivity contribution in [1.29, 1.82) is 0 Å². The molecule has 0 aromatic carbocycles. The molecule has 0 unspecified atom stereocenters. The van der Waals surface area contributed by atoms with Crippen molar-refractivity contribution < 1.29 is 24.3 Å². The van der Waals surface area contributed by atoms with E-state index in [1.165, 1.54) is 11.8 Å². The van der Waals surface area contributed by atoms with Gasteiger partial charge in [-0.25, -0.2) is 4.79 Å². The lowest BCUT2D eigenvalue weighted by atomic mass is 10.0. The first-order valence-corrected chi connectivity index (χ1v) is 9.84. The predicted octanol–water partition coefficient (Wildman–Crippen LogP) is -0.567. The minimum absolute atomic E-state index is 0.0363. The minimum atomic E-state index is -1.12. The first-order chi connectivity index (χ1) is 12.1. The van der Waals surface area contributed by atoms with E-state index in [9.17, 15) is 24.3 Å². The fraction of sp³-hybridized carbons (Fsp3) is 0.750. The number of carbonyl (C=O) groups is 4. The van der Waals surface area contributed by atoms with Crippen LogP contribution in [0.5, 0.6) is 0 Å². The number of carboxylic acid groups (broad SMARTS) is 1. The van der Waals surface area contributed by atoms with Gasteiger partial charge in [0.1, 0.15) is 12.1 Å². The smallest absolute Gasteiger partial charge is 0.326 e. The number of hydrogen-bond acceptors (Lipinski definition) is 6. The van der Waals surface area contributed by atoms with Crippen LogP contribution >= 0.6 is 11.8 Å². The third-order valence-electron chi connectivity index (χ3n) is 3.60. The number of thioether (sulfide) groups is 1. The summed E-state index contributed by atoms with van der Waals surface area (Å²) in [4.78, 5) is 46.7. The second-order valence-electron chi connectivity index (χ2n) is 6.48. The van der Waals surface area contributed by atoms with Crippen LogP contribution in [0.2, 0.25) is 0 Å². The number of hydrogen-bond donors (Lipinski definition) is 5. The Hall–Kier alpha value is -1.81. The van der Waals surface area contributed by atoms with Crippen molar-refractivity contribution in [1.82, 2.24) is 10.6 Å². The Bertz CT molecular complexity index is 501. The summed E-state index contributed by atoms with van der Waals surface area (Å²) in [5.41, 5.74) is 10.7. The lowest BCUT2D eigenvalue weighted by molar-refractivity contribution is -0.142. The second-order valence-corrected chi connectivity index (χ2v) is 7.47. The largest absolute Gasteiger partial charge is 0.480 e. The van der Waals surface area contributed by atoms with Crippen LogP contribution in [0.3, 0.4) is 0 Å². The molecule has 3 atom stereocenters. The summed E-state index contributed by atoms with van der Waals surface area (Å²) in [5, 5.41) is 14.2. The molecule has 26 heavy (non-hydrogen) atoms. The number of carbonyl (C=O) groups excluding carboxylic acids is 3. The number of rotatable bonds is 13. The molecule has 0 saturated heterocycles. The van der Waals surface area contributed by atoms with E-state index in [0.29, 0.717) is 12.2 Å². The van der Waals surface area contributed by atoms with Crippen molar-refractivity contribution in [3.05, 3.63) is 0 Å². The number of aliphatic carboxylic acids is 1. The highest BCUT2D eigenvalue weighted by Crippen LogP contribution is 2.08. The summed E-state index contributed by atoms with van der Waals surface area (Å²) in [6, 6.07) is -2.90. The van der Waals surface area contributed by atoms with Crippen LogP contribution in [-0.4, -0.2) is 58.9 Å². The molecule has 0 aliphatic heterocycles. The highest BCUT2D eigenvalue weighted by Gasteiger charge is 2.28. The molecule has 0 heterocycles. The van der Waals surface area contributed by atoms with Gasteiger partial charge >= 0.3 is 5.97 Å². The van der Waals surface area contributed by atoms with Gasteiger partial charge in [0.15, 0.2) is 0 Å². The van der Waals surface area contributed by atoms with E-state index in [1.54, 1.807) is 0 Å². The van der Waals surface area contributed by atoms with Crippen LogP contribution in [0.1, 0.15) is 39.5 Å². The third kappa shape index (κ3) is 10.2. The third-order valence-corrected chi connectivity index (χ3v) is 4.25. The molecule has 3 amide bonds. The standard InChI is InChI=1S/C16H30N4O5S/c1-9(2)8-12(20-14(22)10(17)4-5-13(18)21)15(23)19-11(16(24)25)6-7-26-3/h9-12H,4-8,17H2,1-3H3,(H2,18,21)(H,19,23)(H,20,22)(H,24,25)/t10-,11-,12-/m0/s1. The van der Waals surface area contributed by atoms with Gasteiger partial charge in [0.05, 0.1) is 6.04 Å². The molecule has 0 spiro atoms. The van der Waals surface area contributed by atoms with Crippen molar-refractivity contribution in [2.24, 2.45) is 17.4 Å². The van der Waals surface area contributed by atoms with Crippen LogP contribution in [-0.2, 0) is 19.2 Å². The van der Waals surface area contributed by atoms with Crippen molar-refractivity contribution in [2.45, 2.75) is 57.7 Å². The average molecular weight is 391 g/mol. The van der Waals surface area contributed by atoms with Gasteiger partial charge < -0.3 is 27.2 Å². The molecule has 0 saturated carbocycles. The summed E-state index contributed by atoms with van der Waals surface area (Å²) in [5.74, 6) is -2.17. The summed E-state index contributed by atoms with van der Waals surface area (Å²) in [6.07, 6.45) is 2.49. The molecule has 0 radical (unpaired) electrons. The average Bonchev–Trinajstić information content (AvgIpc) is 2.54. The van der Waals surface area contributed by atoms with E-state index < -0.39 is 41.8 Å². The highest BCUT2D eigenvalue weighted by atomic mass is 32.2. The van der Waals surface area contributed by atoms with E-state index in [4.69, 9.17) is 11.5 Å². The molecule has 10 heteroatoms. The summed E-state index contributed by atoms with van der Waals surface area (Å²) >= 11 is 1.48. The normalized spacial score (nSPS) is 14.3. The molecular formula is C16H30N4O5S. The van der Waals surface area contributed by atoms with Gasteiger partial charge in [0.25, 0.3) is 0 Å². The zero-order valence-corrected chi connectivity index (χ0v) is 16.3. The van der Waals surface area contributed by atoms with Crippen molar-refractivity contribution in [3.63, 3.8) is 0 Å². The molecule has 9 nitrogen and oxygen atoms in total. The molecule has 0 bridgehead atoms. The van der Waals surface area contributed by atoms with E-state index in [2.05, 4.69) is 10.6 Å². The number of carboxylic acids is 1. The van der Waals surface area contributed by atoms with Crippen molar-refractivity contribution in [2.75, 3.05) is 12.0 Å². The summed E-state index contributed by atoms with van der Waals surface area (Å²) in [7, 11) is 0. The van der Waals surface area contributed by atoms with Gasteiger partial charge in [-0.05, 0) is 37.2 Å². The van der Waals surface area contributed by atoms with Crippen molar-refractivity contribution >= 4 is 35.5 Å². The summed E-state index contributed by atoms with van der Waals surface area (Å²) < 4.78 is 0. The fourth-order valence-electron chi connectivity index (χ4n) is 2.18. The van der Waals surface area contributed by atoms with Gasteiger partial charge in [-0.3, -0.25) is 14.4 Å². The molecule has 0 aliphatic carbocycles. The van der Waals surface area contributed by atoms with Gasteiger partial charge in [0.2, 0.25) is 17.7 Å². The van der Waals surface area contributed by atoms with Gasteiger partial charge in [-0.2, -0.15) is 11.8 Å². The Morgan fingerprint density at radius 3 is 2.08 bits per heavy atom. The Kier molecular flexibility index (Phi) is 11.7. The van der Waals surface area contributed by atoms with Crippen molar-refractivity contribution in [3.8, 4) is 0 Å². The zero-order chi connectivity index (χ0) is 20.3. The van der Waals surface area contributed by atoms with Crippen LogP contribution in [0, 0.1) is 5.92 Å². The second kappa shape index (κ2) is 12.5. The molecule has 0 aliphatic rings. The molecule has 150 valence electrons. The Balaban J connectivity index is 4.94.